The van der Waals surface area contributed by atoms with Gasteiger partial charge in [0.25, 0.3) is 0 Å². The van der Waals surface area contributed by atoms with E-state index >= 15 is 0 Å². The highest BCUT2D eigenvalue weighted by Crippen LogP contribution is 2.15. The van der Waals surface area contributed by atoms with Gasteiger partial charge in [-0.1, -0.05) is 233 Å². The van der Waals surface area contributed by atoms with Gasteiger partial charge in [0, 0.05) is 85.1 Å². The van der Waals surface area contributed by atoms with Gasteiger partial charge in [-0.3, -0.25) is 24.2 Å². The van der Waals surface area contributed by atoms with E-state index in [1.165, 1.54) is 193 Å². The largest absolute Gasteiger partial charge is 0.466 e. The Morgan fingerprint density at radius 3 is 0.833 bits per heavy atom. The van der Waals surface area contributed by atoms with Gasteiger partial charge in [-0.2, -0.15) is 0 Å². The van der Waals surface area contributed by atoms with Crippen LogP contribution in [0.5, 0.6) is 0 Å². The Labute approximate surface area is 446 Å². The maximum absolute atomic E-state index is 13.0. The minimum atomic E-state index is -0.167. The summed E-state index contributed by atoms with van der Waals surface area (Å²) in [5.41, 5.74) is 5.84. The molecule has 0 aromatic carbocycles. The Morgan fingerprint density at radius 1 is 0.333 bits per heavy atom. The molecule has 0 spiro atoms. The molecule has 1 fully saturated rings. The van der Waals surface area contributed by atoms with Crippen LogP contribution in [0.1, 0.15) is 271 Å². The fraction of sp³-hybridized carbons (Fsp3) is 0.951. The summed E-state index contributed by atoms with van der Waals surface area (Å²) < 4.78 is 17.2. The van der Waals surface area contributed by atoms with Crippen molar-refractivity contribution in [2.75, 3.05) is 105 Å². The highest BCUT2D eigenvalue weighted by Gasteiger charge is 2.19. The standard InChI is InChI=1S/C61H121N5O6/c1-4-7-10-13-16-19-22-25-28-31-34-37-56-70-59(67)40-44-63(45-41-60(68)71-57-38-35-32-29-26-23-20-17-14-11-8-5-2)48-49-64(50-53-66-54-51-65(47-43-62)52-55-66)46-42-61(69)72-58-39-36-33-30-27-24-21-18-15-12-9-6-3/h4-58,62H2,1-3H3. The first-order valence-corrected chi connectivity index (χ1v) is 31.5. The van der Waals surface area contributed by atoms with E-state index in [2.05, 4.69) is 40.4 Å². The average molecular weight is 1020 g/mol. The van der Waals surface area contributed by atoms with Crippen LogP contribution in [0.3, 0.4) is 0 Å². The summed E-state index contributed by atoms with van der Waals surface area (Å²) in [5, 5.41) is 0. The van der Waals surface area contributed by atoms with E-state index in [0.717, 1.165) is 90.9 Å². The van der Waals surface area contributed by atoms with Crippen molar-refractivity contribution >= 4 is 17.9 Å². The second-order valence-corrected chi connectivity index (χ2v) is 21.7. The van der Waals surface area contributed by atoms with Gasteiger partial charge >= 0.3 is 17.9 Å². The molecule has 0 unspecified atom stereocenters. The molecule has 0 aliphatic carbocycles. The lowest BCUT2D eigenvalue weighted by atomic mass is 10.1. The molecule has 426 valence electrons. The minimum Gasteiger partial charge on any atom is -0.466 e. The topological polar surface area (TPSA) is 118 Å². The summed E-state index contributed by atoms with van der Waals surface area (Å²) in [6, 6.07) is 0. The molecular formula is C61H121N5O6. The summed E-state index contributed by atoms with van der Waals surface area (Å²) in [5.74, 6) is -0.458. The van der Waals surface area contributed by atoms with E-state index in [-0.39, 0.29) is 17.9 Å². The molecule has 11 heteroatoms. The number of unbranched alkanes of at least 4 members (excludes halogenated alkanes) is 33. The second kappa shape index (κ2) is 54.0. The zero-order valence-electron chi connectivity index (χ0n) is 48.2. The lowest BCUT2D eigenvalue weighted by Gasteiger charge is -2.36. The summed E-state index contributed by atoms with van der Waals surface area (Å²) in [4.78, 5) is 48.6. The van der Waals surface area contributed by atoms with E-state index in [0.29, 0.717) is 71.8 Å². The number of nitrogens with two attached hydrogens (primary N) is 1. The zero-order chi connectivity index (χ0) is 52.1. The van der Waals surface area contributed by atoms with Crippen LogP contribution in [-0.2, 0) is 28.6 Å². The molecule has 0 bridgehead atoms. The molecule has 11 nitrogen and oxygen atoms in total. The van der Waals surface area contributed by atoms with Gasteiger partial charge in [0.05, 0.1) is 39.1 Å². The van der Waals surface area contributed by atoms with Crippen molar-refractivity contribution in [2.24, 2.45) is 5.73 Å². The van der Waals surface area contributed by atoms with Gasteiger partial charge in [-0.15, -0.1) is 0 Å². The Balaban J connectivity index is 2.64. The SMILES string of the molecule is CCCCCCCCCCCCCCOC(=O)CCN(CCC(=O)OCCCCCCCCCCCCCC)CCN(CCC(=O)OCCCCCCCCCCCCCC)CCN1CCN(CCN)CC1. The monoisotopic (exact) mass is 1020 g/mol. The van der Waals surface area contributed by atoms with Crippen molar-refractivity contribution in [3.8, 4) is 0 Å². The molecular weight excluding hydrogens is 899 g/mol. The third kappa shape index (κ3) is 46.7. The van der Waals surface area contributed by atoms with E-state index in [1.54, 1.807) is 0 Å². The number of nitrogens with zero attached hydrogens (tertiary/aromatic N) is 4. The second-order valence-electron chi connectivity index (χ2n) is 21.7. The number of esters is 3. The smallest absolute Gasteiger partial charge is 0.307 e. The van der Waals surface area contributed by atoms with Crippen molar-refractivity contribution in [3.05, 3.63) is 0 Å². The maximum Gasteiger partial charge on any atom is 0.307 e. The van der Waals surface area contributed by atoms with Gasteiger partial charge in [-0.25, -0.2) is 0 Å². The normalized spacial score (nSPS) is 13.4. The summed E-state index contributed by atoms with van der Waals surface area (Å²) in [7, 11) is 0. The third-order valence-electron chi connectivity index (χ3n) is 15.1. The molecule has 0 aromatic heterocycles. The van der Waals surface area contributed by atoms with Gasteiger partial charge < -0.3 is 29.7 Å². The van der Waals surface area contributed by atoms with Gasteiger partial charge in [0.2, 0.25) is 0 Å². The van der Waals surface area contributed by atoms with Crippen LogP contribution in [-0.4, -0.2) is 142 Å². The maximum atomic E-state index is 13.0. The molecule has 1 saturated heterocycles. The molecule has 0 saturated carbocycles. The Bertz CT molecular complexity index is 1130. The number of ether oxygens (including phenoxy) is 3. The fourth-order valence-corrected chi connectivity index (χ4v) is 10.0. The number of carbonyl (C=O) groups is 3. The van der Waals surface area contributed by atoms with Crippen molar-refractivity contribution in [1.82, 2.24) is 19.6 Å². The molecule has 0 atom stereocenters. The van der Waals surface area contributed by atoms with E-state index in [9.17, 15) is 14.4 Å². The van der Waals surface area contributed by atoms with Crippen molar-refractivity contribution < 1.29 is 28.6 Å². The number of rotatable bonds is 56. The fourth-order valence-electron chi connectivity index (χ4n) is 10.0. The summed E-state index contributed by atoms with van der Waals surface area (Å²) in [6.07, 6.45) is 47.0. The van der Waals surface area contributed by atoms with Crippen LogP contribution in [0.2, 0.25) is 0 Å². The molecule has 1 aliphatic rings. The zero-order valence-corrected chi connectivity index (χ0v) is 48.2. The Morgan fingerprint density at radius 2 is 0.569 bits per heavy atom. The van der Waals surface area contributed by atoms with Crippen molar-refractivity contribution in [3.63, 3.8) is 0 Å². The quantitative estimate of drug-likeness (QED) is 0.0356. The number of carbonyl (C=O) groups excluding carboxylic acids is 3. The predicted molar refractivity (Wildman–Crippen MR) is 305 cm³/mol. The van der Waals surface area contributed by atoms with Gasteiger partial charge in [-0.05, 0) is 19.3 Å². The number of hydrogen-bond donors (Lipinski definition) is 1. The molecule has 2 N–H and O–H groups in total. The van der Waals surface area contributed by atoms with E-state index < -0.39 is 0 Å². The first-order chi connectivity index (χ1) is 35.4. The van der Waals surface area contributed by atoms with Crippen molar-refractivity contribution in [1.29, 1.82) is 0 Å². The van der Waals surface area contributed by atoms with Crippen LogP contribution in [0.15, 0.2) is 0 Å². The molecule has 0 aromatic rings. The highest BCUT2D eigenvalue weighted by molar-refractivity contribution is 5.70. The molecule has 72 heavy (non-hydrogen) atoms. The first kappa shape index (κ1) is 68.2. The van der Waals surface area contributed by atoms with Crippen LogP contribution in [0, 0.1) is 0 Å². The lowest BCUT2D eigenvalue weighted by molar-refractivity contribution is -0.145. The molecule has 0 radical (unpaired) electrons. The van der Waals surface area contributed by atoms with Crippen LogP contribution in [0.4, 0.5) is 0 Å². The van der Waals surface area contributed by atoms with Crippen LogP contribution in [0.25, 0.3) is 0 Å². The molecule has 1 aliphatic heterocycles. The average Bonchev–Trinajstić information content (AvgIpc) is 3.38. The lowest BCUT2D eigenvalue weighted by Crippen LogP contribution is -2.50. The Hall–Kier alpha value is -1.79. The number of hydrogen-bond acceptors (Lipinski definition) is 11. The highest BCUT2D eigenvalue weighted by atomic mass is 16.5. The van der Waals surface area contributed by atoms with Crippen LogP contribution >= 0.6 is 0 Å². The summed E-state index contributed by atoms with van der Waals surface area (Å²) >= 11 is 0. The Kier molecular flexibility index (Phi) is 51.2. The molecule has 1 heterocycles. The van der Waals surface area contributed by atoms with Crippen molar-refractivity contribution in [2.45, 2.75) is 271 Å². The van der Waals surface area contributed by atoms with E-state index in [1.807, 2.05) is 0 Å². The van der Waals surface area contributed by atoms with Crippen LogP contribution < -0.4 is 5.73 Å². The number of piperazine rings is 1. The minimum absolute atomic E-state index is 0.123. The predicted octanol–water partition coefficient (Wildman–Crippen LogP) is 14.1. The van der Waals surface area contributed by atoms with Gasteiger partial charge in [0.15, 0.2) is 0 Å². The first-order valence-electron chi connectivity index (χ1n) is 31.5. The summed E-state index contributed by atoms with van der Waals surface area (Å²) in [6.45, 7) is 18.9. The third-order valence-corrected chi connectivity index (χ3v) is 15.1. The van der Waals surface area contributed by atoms with Gasteiger partial charge in [0.1, 0.15) is 0 Å². The van der Waals surface area contributed by atoms with E-state index in [4.69, 9.17) is 19.9 Å². The molecule has 0 amide bonds. The molecule has 1 rings (SSSR count).